The van der Waals surface area contributed by atoms with Crippen LogP contribution in [-0.4, -0.2) is 17.3 Å². The largest absolute Gasteiger partial charge is 0.485 e. The predicted octanol–water partition coefficient (Wildman–Crippen LogP) is 2.55. The normalized spacial score (nSPS) is 22.9. The molecule has 2 atom stereocenters. The minimum absolute atomic E-state index is 0.0484. The summed E-state index contributed by atoms with van der Waals surface area (Å²) >= 11 is 0. The molecule has 0 saturated carbocycles. The van der Waals surface area contributed by atoms with Crippen LogP contribution in [0.1, 0.15) is 30.0 Å². The fourth-order valence-electron chi connectivity index (χ4n) is 2.29. The van der Waals surface area contributed by atoms with Gasteiger partial charge in [0.15, 0.2) is 0 Å². The maximum Gasteiger partial charge on any atom is 0.129 e. The lowest BCUT2D eigenvalue weighted by Crippen LogP contribution is -2.40. The molecule has 4 heteroatoms. The monoisotopic (exact) mass is 254 g/mol. The highest BCUT2D eigenvalue weighted by Crippen LogP contribution is 2.41. The first-order valence-corrected chi connectivity index (χ1v) is 6.27. The molecule has 0 spiro atoms. The van der Waals surface area contributed by atoms with Gasteiger partial charge in [-0.05, 0) is 50.8 Å². The van der Waals surface area contributed by atoms with Crippen LogP contribution in [0.25, 0.3) is 0 Å². The third-order valence-corrected chi connectivity index (χ3v) is 3.77. The van der Waals surface area contributed by atoms with E-state index in [2.05, 4.69) is 9.47 Å². The van der Waals surface area contributed by atoms with Gasteiger partial charge in [-0.2, -0.15) is 0 Å². The zero-order valence-electron chi connectivity index (χ0n) is 10.5. The lowest BCUT2D eigenvalue weighted by molar-refractivity contribution is 0.00730. The van der Waals surface area contributed by atoms with E-state index in [4.69, 9.17) is 9.26 Å². The second kappa shape index (κ2) is 4.47. The highest BCUT2D eigenvalue weighted by atomic mass is 31.0. The molecule has 1 aliphatic heterocycles. The van der Waals surface area contributed by atoms with Crippen LogP contribution in [0.4, 0.5) is 0 Å². The number of hydrogen-bond donors (Lipinski definition) is 1. The predicted molar refractivity (Wildman–Crippen MR) is 70.7 cm³/mol. The lowest BCUT2D eigenvalue weighted by atomic mass is 9.89. The summed E-state index contributed by atoms with van der Waals surface area (Å²) in [5.41, 5.74) is 2.93. The summed E-state index contributed by atoms with van der Waals surface area (Å²) in [5.74, 6) is 1.79. The van der Waals surface area contributed by atoms with E-state index in [0.717, 1.165) is 35.5 Å². The van der Waals surface area contributed by atoms with Gasteiger partial charge in [0, 0.05) is 5.56 Å². The van der Waals surface area contributed by atoms with Gasteiger partial charge < -0.3 is 14.4 Å². The van der Waals surface area contributed by atoms with Crippen molar-refractivity contribution in [2.24, 2.45) is 0 Å². The van der Waals surface area contributed by atoms with Crippen LogP contribution in [-0.2, 0) is 6.42 Å². The summed E-state index contributed by atoms with van der Waals surface area (Å²) in [4.78, 5) is 0. The SMILES string of the molecule is Cc1cc(OP)c(C)c2c1O[C@](C)(CO)CC2. The molecule has 0 amide bonds. The Labute approximate surface area is 104 Å². The molecule has 2 rings (SSSR count). The van der Waals surface area contributed by atoms with Crippen molar-refractivity contribution < 1.29 is 14.4 Å². The Morgan fingerprint density at radius 3 is 2.82 bits per heavy atom. The molecule has 3 nitrogen and oxygen atoms in total. The van der Waals surface area contributed by atoms with Gasteiger partial charge in [0.05, 0.1) is 16.1 Å². The van der Waals surface area contributed by atoms with Crippen LogP contribution in [0.3, 0.4) is 0 Å². The molecule has 1 unspecified atom stereocenters. The molecule has 0 aromatic heterocycles. The summed E-state index contributed by atoms with van der Waals surface area (Å²) in [6.07, 6.45) is 1.75. The number of aliphatic hydroxyl groups is 1. The summed E-state index contributed by atoms with van der Waals surface area (Å²) in [5, 5.41) is 9.38. The Morgan fingerprint density at radius 2 is 2.24 bits per heavy atom. The van der Waals surface area contributed by atoms with Crippen molar-refractivity contribution in [1.82, 2.24) is 0 Å². The average molecular weight is 254 g/mol. The second-order valence-corrected chi connectivity index (χ2v) is 5.19. The quantitative estimate of drug-likeness (QED) is 0.824. The van der Waals surface area contributed by atoms with Gasteiger partial charge in [0.2, 0.25) is 0 Å². The smallest absolute Gasteiger partial charge is 0.129 e. The van der Waals surface area contributed by atoms with Crippen molar-refractivity contribution in [1.29, 1.82) is 0 Å². The molecule has 17 heavy (non-hydrogen) atoms. The van der Waals surface area contributed by atoms with Gasteiger partial charge >= 0.3 is 0 Å². The number of rotatable bonds is 2. The highest BCUT2D eigenvalue weighted by Gasteiger charge is 2.33. The topological polar surface area (TPSA) is 38.7 Å². The Bertz CT molecular complexity index is 445. The number of fused-ring (bicyclic) bond motifs is 1. The minimum Gasteiger partial charge on any atom is -0.485 e. The van der Waals surface area contributed by atoms with E-state index >= 15 is 0 Å². The summed E-state index contributed by atoms with van der Waals surface area (Å²) in [6.45, 7) is 6.05. The van der Waals surface area contributed by atoms with E-state index in [9.17, 15) is 5.11 Å². The van der Waals surface area contributed by atoms with E-state index < -0.39 is 5.60 Å². The van der Waals surface area contributed by atoms with Crippen LogP contribution >= 0.6 is 9.47 Å². The first kappa shape index (κ1) is 12.7. The van der Waals surface area contributed by atoms with Gasteiger partial charge in [-0.3, -0.25) is 0 Å². The fourth-order valence-corrected chi connectivity index (χ4v) is 2.54. The molecule has 0 saturated heterocycles. The van der Waals surface area contributed by atoms with Gasteiger partial charge in [0.1, 0.15) is 17.1 Å². The number of aliphatic hydroxyl groups excluding tert-OH is 1. The maximum absolute atomic E-state index is 9.38. The summed E-state index contributed by atoms with van der Waals surface area (Å²) < 4.78 is 11.2. The van der Waals surface area contributed by atoms with Crippen LogP contribution in [0.5, 0.6) is 11.5 Å². The Hall–Kier alpha value is -0.790. The van der Waals surface area contributed by atoms with Gasteiger partial charge in [-0.1, -0.05) is 0 Å². The number of ether oxygens (including phenoxy) is 1. The van der Waals surface area contributed by atoms with E-state index in [0.29, 0.717) is 0 Å². The second-order valence-electron chi connectivity index (χ2n) is 4.95. The standard InChI is InChI=1S/C13H19O3P/c1-8-6-11(16-17)9(2)10-4-5-13(3,7-14)15-12(8)10/h6,14H,4-5,7,17H2,1-3H3/t13-/m0/s1. The highest BCUT2D eigenvalue weighted by molar-refractivity contribution is 7.10. The van der Waals surface area contributed by atoms with Crippen molar-refractivity contribution >= 4 is 9.47 Å². The van der Waals surface area contributed by atoms with E-state index in [1.165, 1.54) is 5.56 Å². The van der Waals surface area contributed by atoms with E-state index in [1.807, 2.05) is 26.8 Å². The lowest BCUT2D eigenvalue weighted by Gasteiger charge is -2.36. The molecule has 1 aromatic rings. The van der Waals surface area contributed by atoms with Gasteiger partial charge in [-0.15, -0.1) is 0 Å². The van der Waals surface area contributed by atoms with E-state index in [1.54, 1.807) is 0 Å². The van der Waals surface area contributed by atoms with Crippen molar-refractivity contribution in [2.75, 3.05) is 6.61 Å². The van der Waals surface area contributed by atoms with Gasteiger partial charge in [-0.25, -0.2) is 0 Å². The third kappa shape index (κ3) is 2.14. The minimum atomic E-state index is -0.451. The first-order chi connectivity index (χ1) is 8.00. The maximum atomic E-state index is 9.38. The fraction of sp³-hybridized carbons (Fsp3) is 0.538. The van der Waals surface area contributed by atoms with Crippen molar-refractivity contribution in [3.8, 4) is 11.5 Å². The van der Waals surface area contributed by atoms with Crippen LogP contribution in [0.15, 0.2) is 6.07 Å². The first-order valence-electron chi connectivity index (χ1n) is 5.80. The Morgan fingerprint density at radius 1 is 1.53 bits per heavy atom. The molecule has 1 aliphatic rings. The Kier molecular flexibility index (Phi) is 3.33. The molecule has 0 bridgehead atoms. The van der Waals surface area contributed by atoms with Crippen molar-refractivity contribution in [3.63, 3.8) is 0 Å². The van der Waals surface area contributed by atoms with Crippen LogP contribution in [0.2, 0.25) is 0 Å². The molecular weight excluding hydrogens is 235 g/mol. The number of benzene rings is 1. The zero-order valence-corrected chi connectivity index (χ0v) is 11.7. The molecule has 1 aromatic carbocycles. The zero-order chi connectivity index (χ0) is 12.6. The molecule has 0 aliphatic carbocycles. The van der Waals surface area contributed by atoms with Crippen LogP contribution < -0.4 is 9.26 Å². The molecule has 0 fully saturated rings. The molecule has 94 valence electrons. The third-order valence-electron chi connectivity index (χ3n) is 3.52. The number of hydrogen-bond acceptors (Lipinski definition) is 3. The van der Waals surface area contributed by atoms with Gasteiger partial charge in [0.25, 0.3) is 0 Å². The molecule has 1 heterocycles. The Balaban J connectivity index is 2.50. The number of aryl methyl sites for hydroxylation is 1. The van der Waals surface area contributed by atoms with Crippen LogP contribution in [0, 0.1) is 13.8 Å². The van der Waals surface area contributed by atoms with E-state index in [-0.39, 0.29) is 6.61 Å². The van der Waals surface area contributed by atoms with Crippen molar-refractivity contribution in [2.45, 2.75) is 39.2 Å². The summed E-state index contributed by atoms with van der Waals surface area (Å²) in [7, 11) is 2.28. The molecule has 1 N–H and O–H groups in total. The molecule has 0 radical (unpaired) electrons. The summed E-state index contributed by atoms with van der Waals surface area (Å²) in [6, 6.07) is 1.98. The molecular formula is C13H19O3P. The average Bonchev–Trinajstić information content (AvgIpc) is 2.33. The van der Waals surface area contributed by atoms with Crippen molar-refractivity contribution in [3.05, 3.63) is 22.8 Å².